The Bertz CT molecular complexity index is 1740. The number of hydrogen-bond donors (Lipinski definition) is 2. The molecular weight excluding hydrogens is 513 g/mol. The van der Waals surface area contributed by atoms with Crippen molar-refractivity contribution in [2.45, 2.75) is 20.0 Å². The zero-order valence-electron chi connectivity index (χ0n) is 19.1. The third-order valence-corrected chi connectivity index (χ3v) is 5.77. The van der Waals surface area contributed by atoms with Gasteiger partial charge in [0.1, 0.15) is 0 Å². The van der Waals surface area contributed by atoms with Crippen LogP contribution in [0.2, 0.25) is 5.02 Å². The fraction of sp³-hybridized carbons (Fsp3) is 0.130. The second-order valence-corrected chi connectivity index (χ2v) is 8.43. The van der Waals surface area contributed by atoms with Crippen LogP contribution in [0.4, 0.5) is 18.9 Å². The fourth-order valence-corrected chi connectivity index (χ4v) is 4.05. The van der Waals surface area contributed by atoms with E-state index in [1.165, 1.54) is 47.5 Å². The Morgan fingerprint density at radius 2 is 1.89 bits per heavy atom. The number of nitrogens with zero attached hydrogens (tertiary/aromatic N) is 6. The zero-order chi connectivity index (χ0) is 26.5. The normalized spacial score (nSPS) is 11.7. The molecule has 0 saturated heterocycles. The monoisotopic (exact) mass is 528 g/mol. The van der Waals surface area contributed by atoms with Gasteiger partial charge in [0.15, 0.2) is 11.5 Å². The number of aryl methyl sites for hydroxylation is 2. The maximum absolute atomic E-state index is 14.2. The van der Waals surface area contributed by atoms with Crippen LogP contribution in [-0.4, -0.2) is 40.6 Å². The quantitative estimate of drug-likeness (QED) is 0.360. The summed E-state index contributed by atoms with van der Waals surface area (Å²) in [6.45, 7) is 3.28. The number of anilines is 1. The SMILES string of the molecule is Cc1cnn(-c2nc(C)c(NC(=O)c3cnn(-c4cccc5c(=O)[nH]ccc45)c3C(F)(F)F)cc2Cl)n1. The van der Waals surface area contributed by atoms with Crippen molar-refractivity contribution in [1.82, 2.24) is 34.7 Å². The first-order chi connectivity index (χ1) is 17.5. The van der Waals surface area contributed by atoms with Gasteiger partial charge in [-0.3, -0.25) is 9.59 Å². The molecule has 0 bridgehead atoms. The van der Waals surface area contributed by atoms with E-state index >= 15 is 0 Å². The molecule has 4 aromatic heterocycles. The Morgan fingerprint density at radius 1 is 1.11 bits per heavy atom. The van der Waals surface area contributed by atoms with Gasteiger partial charge in [-0.1, -0.05) is 17.7 Å². The van der Waals surface area contributed by atoms with E-state index in [4.69, 9.17) is 11.6 Å². The number of hydrogen-bond acceptors (Lipinski definition) is 6. The summed E-state index contributed by atoms with van der Waals surface area (Å²) in [7, 11) is 0. The lowest BCUT2D eigenvalue weighted by Crippen LogP contribution is -2.21. The standard InChI is InChI=1S/C23H16ClF3N8O2/c1-11-9-30-35(33-11)20-16(24)8-17(12(2)31-20)32-22(37)15-10-29-34(19(15)23(25,26)27)18-5-3-4-14-13(18)6-7-28-21(14)36/h3-10H,1-2H3,(H,28,36)(H,32,37). The lowest BCUT2D eigenvalue weighted by molar-refractivity contribution is -0.143. The van der Waals surface area contributed by atoms with E-state index in [1.54, 1.807) is 13.8 Å². The minimum absolute atomic E-state index is 0.0118. The van der Waals surface area contributed by atoms with Crippen molar-refractivity contribution in [1.29, 1.82) is 0 Å². The third-order valence-electron chi connectivity index (χ3n) is 5.49. The zero-order valence-corrected chi connectivity index (χ0v) is 19.9. The first-order valence-electron chi connectivity index (χ1n) is 10.7. The van der Waals surface area contributed by atoms with E-state index in [1.807, 2.05) is 0 Å². The highest BCUT2D eigenvalue weighted by molar-refractivity contribution is 6.32. The number of alkyl halides is 3. The smallest absolute Gasteiger partial charge is 0.329 e. The number of amides is 1. The van der Waals surface area contributed by atoms with E-state index < -0.39 is 28.9 Å². The Hall–Kier alpha value is -4.52. The molecule has 0 spiro atoms. The summed E-state index contributed by atoms with van der Waals surface area (Å²) >= 11 is 6.29. The van der Waals surface area contributed by atoms with E-state index in [2.05, 4.69) is 30.6 Å². The second-order valence-electron chi connectivity index (χ2n) is 8.02. The summed E-state index contributed by atoms with van der Waals surface area (Å²) in [6.07, 6.45) is -1.31. The fourth-order valence-electron chi connectivity index (χ4n) is 3.83. The van der Waals surface area contributed by atoms with Crippen LogP contribution in [0.5, 0.6) is 0 Å². The summed E-state index contributed by atoms with van der Waals surface area (Å²) in [5, 5.41) is 14.9. The van der Waals surface area contributed by atoms with Gasteiger partial charge in [0, 0.05) is 17.0 Å². The molecule has 0 aliphatic heterocycles. The van der Waals surface area contributed by atoms with E-state index in [0.29, 0.717) is 10.4 Å². The predicted molar refractivity (Wildman–Crippen MR) is 128 cm³/mol. The number of nitrogens with one attached hydrogen (secondary N) is 2. The Labute approximate surface area is 210 Å². The van der Waals surface area contributed by atoms with Crippen LogP contribution in [0.1, 0.15) is 27.4 Å². The van der Waals surface area contributed by atoms with Gasteiger partial charge in [0.2, 0.25) is 0 Å². The van der Waals surface area contributed by atoms with E-state index in [-0.39, 0.29) is 38.7 Å². The molecule has 1 amide bonds. The molecular formula is C23H16ClF3N8O2. The molecule has 0 unspecified atom stereocenters. The molecule has 14 heteroatoms. The van der Waals surface area contributed by atoms with Crippen LogP contribution >= 0.6 is 11.6 Å². The minimum atomic E-state index is -4.95. The molecule has 0 aliphatic rings. The number of aromatic nitrogens is 7. The molecule has 0 saturated carbocycles. The lowest BCUT2D eigenvalue weighted by Gasteiger charge is -2.15. The minimum Gasteiger partial charge on any atom is -0.329 e. The second kappa shape index (κ2) is 8.85. The van der Waals surface area contributed by atoms with Gasteiger partial charge in [-0.15, -0.1) is 4.80 Å². The molecule has 0 aliphatic carbocycles. The maximum atomic E-state index is 14.2. The molecule has 0 atom stereocenters. The van der Waals surface area contributed by atoms with E-state index in [0.717, 1.165) is 6.20 Å². The van der Waals surface area contributed by atoms with Gasteiger partial charge < -0.3 is 10.3 Å². The number of carbonyl (C=O) groups excluding carboxylic acids is 1. The molecule has 5 aromatic rings. The van der Waals surface area contributed by atoms with Gasteiger partial charge in [-0.25, -0.2) is 9.67 Å². The number of H-pyrrole nitrogens is 1. The molecule has 1 aromatic carbocycles. The van der Waals surface area contributed by atoms with Crippen molar-refractivity contribution >= 4 is 34.0 Å². The Kier molecular flexibility index (Phi) is 5.79. The molecule has 2 N–H and O–H groups in total. The van der Waals surface area contributed by atoms with Crippen LogP contribution in [0, 0.1) is 13.8 Å². The summed E-state index contributed by atoms with van der Waals surface area (Å²) in [6, 6.07) is 7.10. The number of rotatable bonds is 4. The molecule has 0 fully saturated rings. The number of benzene rings is 1. The predicted octanol–water partition coefficient (Wildman–Crippen LogP) is 4.23. The van der Waals surface area contributed by atoms with Crippen molar-refractivity contribution in [2.75, 3.05) is 5.32 Å². The van der Waals surface area contributed by atoms with Crippen molar-refractivity contribution in [3.05, 3.63) is 86.9 Å². The number of aromatic amines is 1. The number of pyridine rings is 2. The van der Waals surface area contributed by atoms with Crippen molar-refractivity contribution in [3.8, 4) is 11.5 Å². The van der Waals surface area contributed by atoms with Crippen LogP contribution in [0.15, 0.2) is 53.7 Å². The van der Waals surface area contributed by atoms with Crippen molar-refractivity contribution in [3.63, 3.8) is 0 Å². The first-order valence-corrected chi connectivity index (χ1v) is 11.1. The highest BCUT2D eigenvalue weighted by Gasteiger charge is 2.41. The third kappa shape index (κ3) is 4.33. The number of fused-ring (bicyclic) bond motifs is 1. The molecule has 0 radical (unpaired) electrons. The average molecular weight is 529 g/mol. The Morgan fingerprint density at radius 3 is 2.59 bits per heavy atom. The molecule has 188 valence electrons. The lowest BCUT2D eigenvalue weighted by atomic mass is 10.1. The van der Waals surface area contributed by atoms with E-state index in [9.17, 15) is 22.8 Å². The topological polar surface area (TPSA) is 123 Å². The molecule has 4 heterocycles. The highest BCUT2D eigenvalue weighted by atomic mass is 35.5. The van der Waals surface area contributed by atoms with Gasteiger partial charge in [0.25, 0.3) is 11.5 Å². The van der Waals surface area contributed by atoms with Crippen LogP contribution < -0.4 is 10.9 Å². The average Bonchev–Trinajstić information content (AvgIpc) is 3.48. The number of carbonyl (C=O) groups is 1. The van der Waals surface area contributed by atoms with Crippen molar-refractivity contribution in [2.24, 2.45) is 0 Å². The van der Waals surface area contributed by atoms with Crippen LogP contribution in [0.3, 0.4) is 0 Å². The molecule has 5 rings (SSSR count). The van der Waals surface area contributed by atoms with Crippen LogP contribution in [0.25, 0.3) is 22.3 Å². The molecule has 37 heavy (non-hydrogen) atoms. The summed E-state index contributed by atoms with van der Waals surface area (Å²) < 4.78 is 43.3. The summed E-state index contributed by atoms with van der Waals surface area (Å²) in [5.74, 6) is -0.876. The first kappa shape index (κ1) is 24.2. The van der Waals surface area contributed by atoms with Crippen molar-refractivity contribution < 1.29 is 18.0 Å². The number of halogens is 4. The Balaban J connectivity index is 1.56. The summed E-state index contributed by atoms with van der Waals surface area (Å²) in [5.41, 5.74) is -1.51. The van der Waals surface area contributed by atoms with Gasteiger partial charge in [-0.05, 0) is 38.1 Å². The largest absolute Gasteiger partial charge is 0.434 e. The van der Waals surface area contributed by atoms with Gasteiger partial charge in [-0.2, -0.15) is 28.5 Å². The highest BCUT2D eigenvalue weighted by Crippen LogP contribution is 2.35. The van der Waals surface area contributed by atoms with Crippen LogP contribution in [-0.2, 0) is 6.18 Å². The molecule has 10 nitrogen and oxygen atoms in total. The summed E-state index contributed by atoms with van der Waals surface area (Å²) in [4.78, 5) is 33.2. The van der Waals surface area contributed by atoms with Gasteiger partial charge >= 0.3 is 6.18 Å². The van der Waals surface area contributed by atoms with Gasteiger partial charge in [0.05, 0.1) is 45.7 Å². The maximum Gasteiger partial charge on any atom is 0.434 e.